The number of rotatable bonds is 1. The summed E-state index contributed by atoms with van der Waals surface area (Å²) in [5, 5.41) is 3.39. The van der Waals surface area contributed by atoms with Crippen LogP contribution >= 0.6 is 24.0 Å². The van der Waals surface area contributed by atoms with Crippen LogP contribution in [0.3, 0.4) is 0 Å². The summed E-state index contributed by atoms with van der Waals surface area (Å²) in [7, 11) is 0. The Morgan fingerprint density at radius 1 is 1.53 bits per heavy atom. The number of carbonyl (C=O) groups excluding carboxylic acids is 1. The van der Waals surface area contributed by atoms with Gasteiger partial charge in [0.25, 0.3) is 5.91 Å². The number of hydrogen-bond donors (Lipinski definition) is 1. The molecule has 2 rings (SSSR count). The lowest BCUT2D eigenvalue weighted by molar-refractivity contribution is 0.0656. The number of aryl methyl sites for hydroxylation is 1. The smallest absolute Gasteiger partial charge is 0.255 e. The molecule has 0 bridgehead atoms. The monoisotopic (exact) mass is 306 g/mol. The third-order valence-corrected chi connectivity index (χ3v) is 3.55. The van der Waals surface area contributed by atoms with Crippen molar-refractivity contribution in [3.8, 4) is 0 Å². The highest BCUT2D eigenvalue weighted by Gasteiger charge is 2.25. The molecular formula is C13H17Cl2FN2O. The summed E-state index contributed by atoms with van der Waals surface area (Å²) in [5.74, 6) is -0.512. The highest BCUT2D eigenvalue weighted by Crippen LogP contribution is 2.23. The standard InChI is InChI=1S/C13H16ClFN2O.ClH/c1-8-5-10(11(14)6-12(8)15)13(18)17-4-3-16-7-9(17)2;/h5-6,9,16H,3-4,7H2,1-2H3;1H/t9-;/m0./s1. The van der Waals surface area contributed by atoms with Crippen molar-refractivity contribution in [2.24, 2.45) is 0 Å². The average Bonchev–Trinajstić information content (AvgIpc) is 2.33. The van der Waals surface area contributed by atoms with Crippen molar-refractivity contribution in [1.29, 1.82) is 0 Å². The number of piperazine rings is 1. The number of nitrogens with zero attached hydrogens (tertiary/aromatic N) is 1. The van der Waals surface area contributed by atoms with Crippen LogP contribution in [-0.4, -0.2) is 36.5 Å². The maximum absolute atomic E-state index is 13.3. The third kappa shape index (κ3) is 3.38. The van der Waals surface area contributed by atoms with Gasteiger partial charge in [-0.25, -0.2) is 4.39 Å². The van der Waals surface area contributed by atoms with E-state index in [1.54, 1.807) is 11.8 Å². The van der Waals surface area contributed by atoms with E-state index < -0.39 is 0 Å². The van der Waals surface area contributed by atoms with Gasteiger partial charge >= 0.3 is 0 Å². The van der Waals surface area contributed by atoms with Crippen molar-refractivity contribution in [3.63, 3.8) is 0 Å². The zero-order chi connectivity index (χ0) is 13.3. The van der Waals surface area contributed by atoms with Gasteiger partial charge in [-0.3, -0.25) is 4.79 Å². The molecule has 1 amide bonds. The Bertz CT molecular complexity index is 482. The first kappa shape index (κ1) is 16.2. The summed E-state index contributed by atoms with van der Waals surface area (Å²) < 4.78 is 13.3. The Labute approximate surface area is 123 Å². The summed E-state index contributed by atoms with van der Waals surface area (Å²) in [6, 6.07) is 2.85. The molecule has 1 aromatic carbocycles. The molecule has 106 valence electrons. The number of halogens is 3. The van der Waals surface area contributed by atoms with E-state index in [9.17, 15) is 9.18 Å². The van der Waals surface area contributed by atoms with Gasteiger partial charge in [0.1, 0.15) is 5.82 Å². The van der Waals surface area contributed by atoms with E-state index >= 15 is 0 Å². The zero-order valence-corrected chi connectivity index (χ0v) is 12.4. The van der Waals surface area contributed by atoms with E-state index in [0.29, 0.717) is 17.7 Å². The molecule has 1 aliphatic rings. The minimum Gasteiger partial charge on any atom is -0.333 e. The van der Waals surface area contributed by atoms with Crippen LogP contribution in [0.15, 0.2) is 12.1 Å². The molecule has 0 spiro atoms. The van der Waals surface area contributed by atoms with E-state index in [4.69, 9.17) is 11.6 Å². The maximum atomic E-state index is 13.3. The SMILES string of the molecule is Cc1cc(C(=O)N2CCNC[C@@H]2C)c(Cl)cc1F.Cl. The molecule has 3 nitrogen and oxygen atoms in total. The summed E-state index contributed by atoms with van der Waals surface area (Å²) in [5.41, 5.74) is 0.815. The molecule has 6 heteroatoms. The van der Waals surface area contributed by atoms with E-state index in [1.807, 2.05) is 6.92 Å². The lowest BCUT2D eigenvalue weighted by atomic mass is 10.1. The van der Waals surface area contributed by atoms with Crippen LogP contribution in [0.2, 0.25) is 5.02 Å². The first-order valence-corrected chi connectivity index (χ1v) is 6.36. The summed E-state index contributed by atoms with van der Waals surface area (Å²) in [4.78, 5) is 14.2. The molecule has 1 aliphatic heterocycles. The predicted molar refractivity (Wildman–Crippen MR) is 76.8 cm³/mol. The van der Waals surface area contributed by atoms with E-state index in [1.165, 1.54) is 12.1 Å². The molecule has 0 unspecified atom stereocenters. The van der Waals surface area contributed by atoms with Crippen LogP contribution < -0.4 is 5.32 Å². The third-order valence-electron chi connectivity index (χ3n) is 3.24. The molecule has 1 atom stereocenters. The average molecular weight is 307 g/mol. The summed E-state index contributed by atoms with van der Waals surface area (Å²) in [6.07, 6.45) is 0. The number of benzene rings is 1. The highest BCUT2D eigenvalue weighted by atomic mass is 35.5. The molecule has 0 aromatic heterocycles. The fraction of sp³-hybridized carbons (Fsp3) is 0.462. The number of carbonyl (C=O) groups is 1. The highest BCUT2D eigenvalue weighted by molar-refractivity contribution is 6.33. The van der Waals surface area contributed by atoms with Crippen LogP contribution in [0, 0.1) is 12.7 Å². The lowest BCUT2D eigenvalue weighted by Crippen LogP contribution is -2.52. The fourth-order valence-corrected chi connectivity index (χ4v) is 2.35. The summed E-state index contributed by atoms with van der Waals surface area (Å²) >= 11 is 5.96. The quantitative estimate of drug-likeness (QED) is 0.865. The molecule has 1 N–H and O–H groups in total. The number of hydrogen-bond acceptors (Lipinski definition) is 2. The predicted octanol–water partition coefficient (Wildman–Crippen LogP) is 2.64. The Hall–Kier alpha value is -0.840. The van der Waals surface area contributed by atoms with Gasteiger partial charge in [0, 0.05) is 25.7 Å². The van der Waals surface area contributed by atoms with Crippen LogP contribution in [-0.2, 0) is 0 Å². The minimum atomic E-state index is -0.384. The Morgan fingerprint density at radius 3 is 2.84 bits per heavy atom. The van der Waals surface area contributed by atoms with Gasteiger partial charge in [-0.05, 0) is 31.5 Å². The minimum absolute atomic E-state index is 0. The van der Waals surface area contributed by atoms with Gasteiger partial charge < -0.3 is 10.2 Å². The molecule has 0 aliphatic carbocycles. The van der Waals surface area contributed by atoms with E-state index in [2.05, 4.69) is 5.32 Å². The fourth-order valence-electron chi connectivity index (χ4n) is 2.12. The van der Waals surface area contributed by atoms with Gasteiger partial charge in [-0.15, -0.1) is 12.4 Å². The van der Waals surface area contributed by atoms with Crippen molar-refractivity contribution in [3.05, 3.63) is 34.1 Å². The Morgan fingerprint density at radius 2 is 2.21 bits per heavy atom. The van der Waals surface area contributed by atoms with Crippen LogP contribution in [0.5, 0.6) is 0 Å². The van der Waals surface area contributed by atoms with Gasteiger partial charge in [-0.2, -0.15) is 0 Å². The molecule has 1 fully saturated rings. The van der Waals surface area contributed by atoms with Gasteiger partial charge in [0.2, 0.25) is 0 Å². The van der Waals surface area contributed by atoms with Crippen LogP contribution in [0.1, 0.15) is 22.8 Å². The second kappa shape index (κ2) is 6.55. The molecule has 1 saturated heterocycles. The molecule has 0 saturated carbocycles. The normalized spacial score (nSPS) is 18.9. The first-order valence-electron chi connectivity index (χ1n) is 5.98. The molecule has 1 heterocycles. The van der Waals surface area contributed by atoms with Crippen molar-refractivity contribution < 1.29 is 9.18 Å². The number of amides is 1. The summed E-state index contributed by atoms with van der Waals surface area (Å²) in [6.45, 7) is 5.79. The number of nitrogens with one attached hydrogen (secondary N) is 1. The molecule has 1 aromatic rings. The van der Waals surface area contributed by atoms with E-state index in [0.717, 1.165) is 13.1 Å². The maximum Gasteiger partial charge on any atom is 0.255 e. The largest absolute Gasteiger partial charge is 0.333 e. The van der Waals surface area contributed by atoms with Gasteiger partial charge in [-0.1, -0.05) is 11.6 Å². The van der Waals surface area contributed by atoms with Crippen molar-refractivity contribution in [2.45, 2.75) is 19.9 Å². The Kier molecular flexibility index (Phi) is 5.59. The van der Waals surface area contributed by atoms with Crippen molar-refractivity contribution in [1.82, 2.24) is 10.2 Å². The Balaban J connectivity index is 0.00000180. The van der Waals surface area contributed by atoms with Crippen molar-refractivity contribution in [2.75, 3.05) is 19.6 Å². The van der Waals surface area contributed by atoms with E-state index in [-0.39, 0.29) is 35.2 Å². The lowest BCUT2D eigenvalue weighted by Gasteiger charge is -2.34. The first-order chi connectivity index (χ1) is 8.50. The van der Waals surface area contributed by atoms with Crippen molar-refractivity contribution >= 4 is 29.9 Å². The van der Waals surface area contributed by atoms with Gasteiger partial charge in [0.15, 0.2) is 0 Å². The molecule has 19 heavy (non-hydrogen) atoms. The molecular weight excluding hydrogens is 290 g/mol. The second-order valence-electron chi connectivity index (χ2n) is 4.63. The van der Waals surface area contributed by atoms with Crippen LogP contribution in [0.25, 0.3) is 0 Å². The molecule has 0 radical (unpaired) electrons. The second-order valence-corrected chi connectivity index (χ2v) is 5.04. The topological polar surface area (TPSA) is 32.3 Å². The zero-order valence-electron chi connectivity index (χ0n) is 10.9. The van der Waals surface area contributed by atoms with Gasteiger partial charge in [0.05, 0.1) is 10.6 Å². The van der Waals surface area contributed by atoms with Crippen LogP contribution in [0.4, 0.5) is 4.39 Å².